The van der Waals surface area contributed by atoms with E-state index in [1.165, 1.54) is 41.7 Å². The van der Waals surface area contributed by atoms with Crippen molar-refractivity contribution in [3.8, 4) is 0 Å². The van der Waals surface area contributed by atoms with Gasteiger partial charge in [-0.1, -0.05) is 6.08 Å². The first-order valence-corrected chi connectivity index (χ1v) is 9.48. The number of anilines is 2. The van der Waals surface area contributed by atoms with Gasteiger partial charge in [0.2, 0.25) is 17.8 Å². The van der Waals surface area contributed by atoms with Gasteiger partial charge < -0.3 is 16.0 Å². The number of nitrogens with zero attached hydrogens (tertiary/aromatic N) is 4. The Morgan fingerprint density at radius 1 is 1.30 bits per heavy atom. The summed E-state index contributed by atoms with van der Waals surface area (Å²) in [6.45, 7) is 0.280. The van der Waals surface area contributed by atoms with Gasteiger partial charge in [-0.25, -0.2) is 18.7 Å². The summed E-state index contributed by atoms with van der Waals surface area (Å²) >= 11 is 0. The largest absolute Gasteiger partial charge is 0.366 e. The van der Waals surface area contributed by atoms with Crippen LogP contribution >= 0.6 is 0 Å². The lowest BCUT2D eigenvalue weighted by atomic mass is 9.65. The van der Waals surface area contributed by atoms with E-state index in [0.717, 1.165) is 0 Å². The molecule has 1 aliphatic carbocycles. The van der Waals surface area contributed by atoms with Crippen molar-refractivity contribution in [1.29, 1.82) is 0 Å². The average molecular weight is 414 g/mol. The molecule has 0 bridgehead atoms. The molecule has 30 heavy (non-hydrogen) atoms. The van der Waals surface area contributed by atoms with Crippen molar-refractivity contribution >= 4 is 23.5 Å². The third kappa shape index (κ3) is 3.72. The predicted molar refractivity (Wildman–Crippen MR) is 105 cm³/mol. The minimum atomic E-state index is -1.01. The number of hydrogen-bond acceptors (Lipinski definition) is 6. The minimum Gasteiger partial charge on any atom is -0.366 e. The maximum Gasteiger partial charge on any atom is 0.246 e. The van der Waals surface area contributed by atoms with Crippen molar-refractivity contribution in [3.63, 3.8) is 0 Å². The standard InChI is InChI=1S/C20H20F2N6O2/c21-13-6-20(7-13,17-15(22)2-1-5-24-17)11-27-19-25-8-14(9-26-19)28-10-12(18(23)30)3-4-16(28)29/h1-3,5,8-9,13H,4,6-7,10-11H2,(H2,23,30)(H,25,26,27). The summed E-state index contributed by atoms with van der Waals surface area (Å²) in [4.78, 5) is 37.4. The third-order valence-corrected chi connectivity index (χ3v) is 5.49. The molecule has 1 saturated carbocycles. The molecule has 4 rings (SSSR count). The second kappa shape index (κ2) is 7.77. The topological polar surface area (TPSA) is 114 Å². The fraction of sp³-hybridized carbons (Fsp3) is 0.350. The number of carbonyl (C=O) groups excluding carboxylic acids is 2. The van der Waals surface area contributed by atoms with Crippen molar-refractivity contribution in [2.75, 3.05) is 23.3 Å². The normalized spacial score (nSPS) is 23.5. The number of aromatic nitrogens is 3. The predicted octanol–water partition coefficient (Wildman–Crippen LogP) is 1.64. The molecule has 0 unspecified atom stereocenters. The van der Waals surface area contributed by atoms with Gasteiger partial charge in [-0.15, -0.1) is 0 Å². The van der Waals surface area contributed by atoms with Crippen LogP contribution in [0.25, 0.3) is 0 Å². The van der Waals surface area contributed by atoms with Crippen LogP contribution in [0.3, 0.4) is 0 Å². The summed E-state index contributed by atoms with van der Waals surface area (Å²) in [5, 5.41) is 3.02. The summed E-state index contributed by atoms with van der Waals surface area (Å²) in [5.74, 6) is -0.987. The second-order valence-corrected chi connectivity index (χ2v) is 7.52. The molecule has 8 nitrogen and oxygen atoms in total. The summed E-state index contributed by atoms with van der Waals surface area (Å²) in [6, 6.07) is 2.81. The molecule has 2 aromatic heterocycles. The minimum absolute atomic E-state index is 0.0598. The van der Waals surface area contributed by atoms with Crippen molar-refractivity contribution in [2.24, 2.45) is 5.73 Å². The maximum atomic E-state index is 14.2. The molecule has 0 spiro atoms. The zero-order valence-electron chi connectivity index (χ0n) is 16.0. The van der Waals surface area contributed by atoms with Gasteiger partial charge in [-0.2, -0.15) is 0 Å². The number of amides is 2. The van der Waals surface area contributed by atoms with E-state index in [1.807, 2.05) is 0 Å². The Morgan fingerprint density at radius 3 is 2.67 bits per heavy atom. The van der Waals surface area contributed by atoms with E-state index in [9.17, 15) is 18.4 Å². The first kappa shape index (κ1) is 19.9. The van der Waals surface area contributed by atoms with Gasteiger partial charge in [-0.3, -0.25) is 14.6 Å². The summed E-state index contributed by atoms with van der Waals surface area (Å²) in [7, 11) is 0. The number of halogens is 2. The van der Waals surface area contributed by atoms with Gasteiger partial charge in [-0.05, 0) is 25.0 Å². The van der Waals surface area contributed by atoms with E-state index in [0.29, 0.717) is 11.3 Å². The number of nitrogens with one attached hydrogen (secondary N) is 1. The van der Waals surface area contributed by atoms with Crippen LogP contribution in [0.15, 0.2) is 42.4 Å². The number of pyridine rings is 1. The second-order valence-electron chi connectivity index (χ2n) is 7.52. The fourth-order valence-corrected chi connectivity index (χ4v) is 3.84. The van der Waals surface area contributed by atoms with Crippen LogP contribution in [0, 0.1) is 5.82 Å². The number of rotatable bonds is 6. The Bertz CT molecular complexity index is 1000. The molecule has 2 aliphatic rings. The van der Waals surface area contributed by atoms with E-state index >= 15 is 0 Å². The highest BCUT2D eigenvalue weighted by atomic mass is 19.1. The number of alkyl halides is 1. The lowest BCUT2D eigenvalue weighted by Gasteiger charge is -2.43. The molecule has 3 N–H and O–H groups in total. The van der Waals surface area contributed by atoms with Gasteiger partial charge in [0, 0.05) is 30.2 Å². The first-order chi connectivity index (χ1) is 14.4. The van der Waals surface area contributed by atoms with Gasteiger partial charge in [0.25, 0.3) is 0 Å². The summed E-state index contributed by atoms with van der Waals surface area (Å²) in [6.07, 6.45) is 5.29. The zero-order valence-corrected chi connectivity index (χ0v) is 16.0. The van der Waals surface area contributed by atoms with Crippen LogP contribution in [-0.4, -0.2) is 46.0 Å². The van der Waals surface area contributed by atoms with Gasteiger partial charge >= 0.3 is 0 Å². The van der Waals surface area contributed by atoms with E-state index in [2.05, 4.69) is 20.3 Å². The molecule has 10 heteroatoms. The number of primary amides is 1. The van der Waals surface area contributed by atoms with Crippen molar-refractivity contribution in [2.45, 2.75) is 30.8 Å². The van der Waals surface area contributed by atoms with Crippen molar-refractivity contribution in [3.05, 3.63) is 53.9 Å². The van der Waals surface area contributed by atoms with Gasteiger partial charge in [0.05, 0.1) is 30.3 Å². The smallest absolute Gasteiger partial charge is 0.246 e. The van der Waals surface area contributed by atoms with Crippen LogP contribution in [0.1, 0.15) is 25.0 Å². The molecule has 2 aromatic rings. The van der Waals surface area contributed by atoms with Crippen LogP contribution in [0.2, 0.25) is 0 Å². The summed E-state index contributed by atoms with van der Waals surface area (Å²) < 4.78 is 27.9. The fourth-order valence-electron chi connectivity index (χ4n) is 3.84. The maximum absolute atomic E-state index is 14.2. The highest BCUT2D eigenvalue weighted by Gasteiger charge is 2.48. The Balaban J connectivity index is 1.46. The van der Waals surface area contributed by atoms with Crippen LogP contribution in [0.5, 0.6) is 0 Å². The van der Waals surface area contributed by atoms with Crippen LogP contribution < -0.4 is 16.0 Å². The molecular weight excluding hydrogens is 394 g/mol. The van der Waals surface area contributed by atoms with Gasteiger partial charge in [0.15, 0.2) is 0 Å². The lowest BCUT2D eigenvalue weighted by Crippen LogP contribution is -2.49. The molecular formula is C20H20F2N6O2. The number of hydrogen-bond donors (Lipinski definition) is 2. The van der Waals surface area contributed by atoms with E-state index in [1.54, 1.807) is 0 Å². The van der Waals surface area contributed by atoms with E-state index in [4.69, 9.17) is 5.73 Å². The third-order valence-electron chi connectivity index (χ3n) is 5.49. The quantitative estimate of drug-likeness (QED) is 0.743. The molecule has 1 aliphatic heterocycles. The zero-order chi connectivity index (χ0) is 21.3. The van der Waals surface area contributed by atoms with Gasteiger partial charge in [0.1, 0.15) is 12.0 Å². The molecule has 1 fully saturated rings. The molecule has 3 heterocycles. The Hall–Kier alpha value is -3.43. The lowest BCUT2D eigenvalue weighted by molar-refractivity contribution is -0.118. The molecule has 0 saturated heterocycles. The number of nitrogens with two attached hydrogens (primary N) is 1. The molecule has 2 amide bonds. The first-order valence-electron chi connectivity index (χ1n) is 9.48. The average Bonchev–Trinajstić information content (AvgIpc) is 2.71. The molecule has 0 atom stereocenters. The highest BCUT2D eigenvalue weighted by molar-refractivity contribution is 6.02. The molecule has 0 radical (unpaired) electrons. The Kier molecular flexibility index (Phi) is 5.15. The Morgan fingerprint density at radius 2 is 2.03 bits per heavy atom. The highest BCUT2D eigenvalue weighted by Crippen LogP contribution is 2.45. The molecule has 0 aromatic carbocycles. The number of carbonyl (C=O) groups is 2. The Labute approximate surface area is 171 Å². The SMILES string of the molecule is NC(=O)C1=CCC(=O)N(c2cnc(NCC3(c4ncccc4F)CC(F)C3)nc2)C1. The van der Waals surface area contributed by atoms with Crippen molar-refractivity contribution in [1.82, 2.24) is 15.0 Å². The van der Waals surface area contributed by atoms with Crippen LogP contribution in [-0.2, 0) is 15.0 Å². The monoisotopic (exact) mass is 414 g/mol. The summed E-state index contributed by atoms with van der Waals surface area (Å²) in [5.41, 5.74) is 5.54. The molecule has 156 valence electrons. The van der Waals surface area contributed by atoms with E-state index < -0.39 is 23.3 Å². The van der Waals surface area contributed by atoms with Crippen LogP contribution in [0.4, 0.5) is 20.4 Å². The van der Waals surface area contributed by atoms with E-state index in [-0.39, 0.29) is 49.9 Å². The van der Waals surface area contributed by atoms with Crippen molar-refractivity contribution < 1.29 is 18.4 Å².